The van der Waals surface area contributed by atoms with Gasteiger partial charge in [0.2, 0.25) is 0 Å². The van der Waals surface area contributed by atoms with Crippen LogP contribution < -0.4 is 0 Å². The van der Waals surface area contributed by atoms with Crippen LogP contribution in [0.5, 0.6) is 5.75 Å². The van der Waals surface area contributed by atoms with Crippen LogP contribution >= 0.6 is 0 Å². The molecule has 1 heterocycles. The van der Waals surface area contributed by atoms with Gasteiger partial charge in [-0.15, -0.1) is 15.3 Å². The summed E-state index contributed by atoms with van der Waals surface area (Å²) in [5.74, 6) is -0.00898. The summed E-state index contributed by atoms with van der Waals surface area (Å²) < 4.78 is 32.5. The van der Waals surface area contributed by atoms with E-state index in [2.05, 4.69) is 30.7 Å². The number of hydrogen-bond acceptors (Lipinski definition) is 9. The Balaban J connectivity index is 1.14. The lowest BCUT2D eigenvalue weighted by Crippen LogP contribution is -1.98. The molecule has 0 saturated carbocycles. The fraction of sp³-hybridized carbons (Fsp3) is 0. The Morgan fingerprint density at radius 1 is 0.614 bits per heavy atom. The summed E-state index contributed by atoms with van der Waals surface area (Å²) in [5, 5.41) is 39.7. The number of rotatable bonds is 6. The zero-order valence-corrected chi connectivity index (χ0v) is 23.5. The molecule has 12 heteroatoms. The first-order valence-corrected chi connectivity index (χ1v) is 14.8. The standard InChI is InChI=1S/C32H21N7O4S/c40-32-28-14-12-25(39-37-29-16-6-21-19-26(44(41,42)43)13-15-27(21)31(29)38-39)18-20(28)7-17-30(32)36-35-24-10-8-23(9-11-24)34-33-22-4-2-1-3-5-22/h1-19,40H,(H,41,42,43). The van der Waals surface area contributed by atoms with Crippen LogP contribution in [-0.4, -0.2) is 33.1 Å². The molecule has 2 N–H and O–H groups in total. The molecule has 7 aromatic rings. The van der Waals surface area contributed by atoms with Crippen LogP contribution in [0, 0.1) is 0 Å². The number of fused-ring (bicyclic) bond motifs is 4. The molecule has 0 amide bonds. The first kappa shape index (κ1) is 27.0. The predicted octanol–water partition coefficient (Wildman–Crippen LogP) is 8.51. The Hall–Kier alpha value is -5.85. The van der Waals surface area contributed by atoms with Gasteiger partial charge in [-0.2, -0.15) is 28.6 Å². The van der Waals surface area contributed by atoms with Crippen LogP contribution in [-0.2, 0) is 10.1 Å². The summed E-state index contributed by atoms with van der Waals surface area (Å²) in [6, 6.07) is 33.2. The largest absolute Gasteiger partial charge is 0.505 e. The third kappa shape index (κ3) is 5.26. The summed E-state index contributed by atoms with van der Waals surface area (Å²) >= 11 is 0. The van der Waals surface area contributed by atoms with Gasteiger partial charge in [-0.3, -0.25) is 4.55 Å². The Labute approximate surface area is 250 Å². The van der Waals surface area contributed by atoms with Crippen LogP contribution in [0.2, 0.25) is 0 Å². The molecule has 0 bridgehead atoms. The van der Waals surface area contributed by atoms with Gasteiger partial charge in [0, 0.05) is 10.8 Å². The maximum absolute atomic E-state index is 11.5. The van der Waals surface area contributed by atoms with Crippen LogP contribution in [0.3, 0.4) is 0 Å². The molecule has 6 aromatic carbocycles. The van der Waals surface area contributed by atoms with E-state index in [4.69, 9.17) is 0 Å². The Kier molecular flexibility index (Phi) is 6.61. The van der Waals surface area contributed by atoms with Crippen molar-refractivity contribution in [2.75, 3.05) is 0 Å². The van der Waals surface area contributed by atoms with Crippen molar-refractivity contribution in [1.29, 1.82) is 0 Å². The van der Waals surface area contributed by atoms with E-state index in [1.165, 1.54) is 16.9 Å². The van der Waals surface area contributed by atoms with Crippen molar-refractivity contribution in [1.82, 2.24) is 15.0 Å². The molecule has 0 fully saturated rings. The van der Waals surface area contributed by atoms with Crippen molar-refractivity contribution in [3.8, 4) is 11.4 Å². The van der Waals surface area contributed by atoms with Crippen LogP contribution in [0.25, 0.3) is 38.3 Å². The lowest BCUT2D eigenvalue weighted by molar-refractivity contribution is 0.482. The first-order chi connectivity index (χ1) is 21.3. The maximum Gasteiger partial charge on any atom is 0.294 e. The quantitative estimate of drug-likeness (QED) is 0.144. The van der Waals surface area contributed by atoms with Gasteiger partial charge in [-0.25, -0.2) is 0 Å². The van der Waals surface area contributed by atoms with Crippen LogP contribution in [0.4, 0.5) is 22.7 Å². The van der Waals surface area contributed by atoms with E-state index in [0.29, 0.717) is 49.9 Å². The minimum absolute atomic E-state index is 0.00898. The molecule has 44 heavy (non-hydrogen) atoms. The van der Waals surface area contributed by atoms with E-state index >= 15 is 0 Å². The van der Waals surface area contributed by atoms with E-state index in [1.54, 1.807) is 60.7 Å². The number of aromatic nitrogens is 3. The minimum atomic E-state index is -4.32. The average molecular weight is 600 g/mol. The molecule has 7 rings (SSSR count). The Bertz CT molecular complexity index is 2370. The van der Waals surface area contributed by atoms with Crippen molar-refractivity contribution in [3.63, 3.8) is 0 Å². The van der Waals surface area contributed by atoms with Gasteiger partial charge in [0.05, 0.1) is 27.6 Å². The van der Waals surface area contributed by atoms with Gasteiger partial charge in [0.15, 0.2) is 5.75 Å². The summed E-state index contributed by atoms with van der Waals surface area (Å²) in [4.78, 5) is 1.29. The third-order valence-electron chi connectivity index (χ3n) is 6.98. The van der Waals surface area contributed by atoms with E-state index < -0.39 is 10.1 Å². The molecule has 0 unspecified atom stereocenters. The predicted molar refractivity (Wildman–Crippen MR) is 167 cm³/mol. The summed E-state index contributed by atoms with van der Waals surface area (Å²) in [7, 11) is -4.32. The molecule has 0 radical (unpaired) electrons. The number of phenols is 1. The van der Waals surface area contributed by atoms with Crippen molar-refractivity contribution < 1.29 is 18.1 Å². The summed E-state index contributed by atoms with van der Waals surface area (Å²) in [5.41, 5.74) is 4.20. The molecule has 11 nitrogen and oxygen atoms in total. The lowest BCUT2D eigenvalue weighted by Gasteiger charge is -2.06. The average Bonchev–Trinajstić information content (AvgIpc) is 3.49. The molecule has 0 aliphatic carbocycles. The lowest BCUT2D eigenvalue weighted by atomic mass is 10.1. The molecule has 0 aliphatic rings. The highest BCUT2D eigenvalue weighted by Crippen LogP contribution is 2.37. The van der Waals surface area contributed by atoms with Gasteiger partial charge in [-0.1, -0.05) is 36.4 Å². The van der Waals surface area contributed by atoms with Gasteiger partial charge in [0.1, 0.15) is 16.7 Å². The number of aromatic hydroxyl groups is 1. The van der Waals surface area contributed by atoms with E-state index in [-0.39, 0.29) is 10.6 Å². The second-order valence-corrected chi connectivity index (χ2v) is 11.3. The van der Waals surface area contributed by atoms with Gasteiger partial charge in [-0.05, 0) is 89.6 Å². The van der Waals surface area contributed by atoms with Crippen molar-refractivity contribution in [2.45, 2.75) is 4.90 Å². The Morgan fingerprint density at radius 2 is 1.25 bits per heavy atom. The van der Waals surface area contributed by atoms with E-state index in [1.807, 2.05) is 42.5 Å². The van der Waals surface area contributed by atoms with Crippen molar-refractivity contribution >= 4 is 65.4 Å². The summed E-state index contributed by atoms with van der Waals surface area (Å²) in [6.45, 7) is 0. The Morgan fingerprint density at radius 3 is 1.98 bits per heavy atom. The number of azo groups is 2. The fourth-order valence-corrected chi connectivity index (χ4v) is 5.28. The van der Waals surface area contributed by atoms with Crippen LogP contribution in [0.15, 0.2) is 141 Å². The number of phenolic OH excluding ortho intramolecular Hbond substituents is 1. The highest BCUT2D eigenvalue weighted by molar-refractivity contribution is 7.85. The fourth-order valence-electron chi connectivity index (χ4n) is 4.76. The zero-order valence-electron chi connectivity index (χ0n) is 22.7. The monoisotopic (exact) mass is 599 g/mol. The molecule has 0 saturated heterocycles. The van der Waals surface area contributed by atoms with Crippen molar-refractivity contribution in [2.24, 2.45) is 20.5 Å². The van der Waals surface area contributed by atoms with Gasteiger partial charge < -0.3 is 5.11 Å². The van der Waals surface area contributed by atoms with Crippen molar-refractivity contribution in [3.05, 3.63) is 115 Å². The molecule has 0 aliphatic heterocycles. The van der Waals surface area contributed by atoms with Gasteiger partial charge in [0.25, 0.3) is 10.1 Å². The van der Waals surface area contributed by atoms with E-state index in [9.17, 15) is 18.1 Å². The summed E-state index contributed by atoms with van der Waals surface area (Å²) in [6.07, 6.45) is 0. The zero-order chi connectivity index (χ0) is 30.3. The number of nitrogens with zero attached hydrogens (tertiary/aromatic N) is 7. The van der Waals surface area contributed by atoms with Crippen LogP contribution in [0.1, 0.15) is 0 Å². The highest BCUT2D eigenvalue weighted by Gasteiger charge is 2.14. The molecular weight excluding hydrogens is 578 g/mol. The smallest absolute Gasteiger partial charge is 0.294 e. The SMILES string of the molecule is O=S(=O)(O)c1ccc2c(ccc3nn(-c4ccc5c(O)c(N=Nc6ccc(N=Nc7ccccc7)cc6)ccc5c4)nc32)c1. The molecule has 214 valence electrons. The minimum Gasteiger partial charge on any atom is -0.505 e. The topological polar surface area (TPSA) is 155 Å². The normalized spacial score (nSPS) is 12.3. The number of benzene rings is 6. The van der Waals surface area contributed by atoms with Gasteiger partial charge >= 0.3 is 0 Å². The molecule has 0 atom stereocenters. The maximum atomic E-state index is 11.5. The second-order valence-electron chi connectivity index (χ2n) is 9.87. The molecular formula is C32H21N7O4S. The highest BCUT2D eigenvalue weighted by atomic mass is 32.2. The molecule has 0 spiro atoms. The third-order valence-corrected chi connectivity index (χ3v) is 7.83. The number of hydrogen-bond donors (Lipinski definition) is 2. The molecule has 1 aromatic heterocycles. The first-order valence-electron chi connectivity index (χ1n) is 13.3. The van der Waals surface area contributed by atoms with E-state index in [0.717, 1.165) is 11.1 Å². The second kappa shape index (κ2) is 10.8.